The lowest BCUT2D eigenvalue weighted by molar-refractivity contribution is 0.415. The first kappa shape index (κ1) is 18.5. The fourth-order valence-corrected chi connectivity index (χ4v) is 3.49. The molecule has 0 saturated carbocycles. The average molecular weight is 396 g/mol. The molecule has 7 heteroatoms. The molecule has 0 radical (unpaired) electrons. The Hall–Kier alpha value is -2.86. The number of nitrogens with zero attached hydrogens (tertiary/aromatic N) is 4. The first-order chi connectivity index (χ1) is 13.6. The molecular formula is C21H22ClN5O. The molecule has 1 unspecified atom stereocenters. The third-order valence-corrected chi connectivity index (χ3v) is 5.29. The highest BCUT2D eigenvalue weighted by Crippen LogP contribution is 2.30. The van der Waals surface area contributed by atoms with Gasteiger partial charge in [0.1, 0.15) is 11.6 Å². The number of hydrogen-bond acceptors (Lipinski definition) is 4. The van der Waals surface area contributed by atoms with Crippen molar-refractivity contribution in [3.8, 4) is 17.1 Å². The molecule has 2 aromatic carbocycles. The van der Waals surface area contributed by atoms with E-state index in [1.54, 1.807) is 7.11 Å². The molecular weight excluding hydrogens is 374 g/mol. The molecule has 6 nitrogen and oxygen atoms in total. The summed E-state index contributed by atoms with van der Waals surface area (Å²) in [5, 5.41) is 14.0. The Morgan fingerprint density at radius 3 is 2.79 bits per heavy atom. The number of hydrogen-bond donors (Lipinski definition) is 1. The normalized spacial score (nSPS) is 12.4. The number of benzene rings is 2. The van der Waals surface area contributed by atoms with Crippen LogP contribution in [-0.4, -0.2) is 32.1 Å². The van der Waals surface area contributed by atoms with Gasteiger partial charge in [0.15, 0.2) is 5.82 Å². The van der Waals surface area contributed by atoms with Crippen LogP contribution in [0.5, 0.6) is 5.75 Å². The zero-order valence-electron chi connectivity index (χ0n) is 16.1. The molecule has 4 rings (SSSR count). The Balaban J connectivity index is 1.75. The summed E-state index contributed by atoms with van der Waals surface area (Å²) in [6, 6.07) is 13.9. The van der Waals surface area contributed by atoms with Crippen LogP contribution >= 0.6 is 11.6 Å². The third-order valence-electron chi connectivity index (χ3n) is 5.00. The second-order valence-electron chi connectivity index (χ2n) is 6.80. The monoisotopic (exact) mass is 395 g/mol. The summed E-state index contributed by atoms with van der Waals surface area (Å²) in [7, 11) is 1.60. The summed E-state index contributed by atoms with van der Waals surface area (Å²) >= 11 is 6.30. The molecule has 1 atom stereocenters. The van der Waals surface area contributed by atoms with Gasteiger partial charge in [-0.2, -0.15) is 10.2 Å². The zero-order chi connectivity index (χ0) is 19.7. The fraction of sp³-hybridized carbons (Fsp3) is 0.286. The molecule has 4 aromatic rings. The number of fused-ring (bicyclic) bond motifs is 1. The van der Waals surface area contributed by atoms with E-state index < -0.39 is 0 Å². The second-order valence-corrected chi connectivity index (χ2v) is 7.21. The van der Waals surface area contributed by atoms with Crippen LogP contribution in [0.25, 0.3) is 22.3 Å². The number of aromatic amines is 1. The highest BCUT2D eigenvalue weighted by atomic mass is 35.5. The number of H-pyrrole nitrogens is 1. The van der Waals surface area contributed by atoms with Gasteiger partial charge < -0.3 is 4.74 Å². The minimum Gasteiger partial charge on any atom is -0.495 e. The number of aromatic nitrogens is 5. The Kier molecular flexibility index (Phi) is 5.05. The molecule has 0 aliphatic carbocycles. The molecule has 28 heavy (non-hydrogen) atoms. The molecule has 1 N–H and O–H groups in total. The topological polar surface area (TPSA) is 68.6 Å². The first-order valence-electron chi connectivity index (χ1n) is 9.32. The van der Waals surface area contributed by atoms with Gasteiger partial charge >= 0.3 is 0 Å². The number of methoxy groups -OCH3 is 1. The SMILES string of the molecule is CCC(C)n1nc(-c2ccc(OC)c(Cl)c2)nc1Cc1[nH]nc2ccccc12. The van der Waals surface area contributed by atoms with Crippen molar-refractivity contribution in [3.05, 3.63) is 59.0 Å². The van der Waals surface area contributed by atoms with E-state index in [0.717, 1.165) is 34.4 Å². The van der Waals surface area contributed by atoms with E-state index in [2.05, 4.69) is 30.1 Å². The Labute approximate surface area is 168 Å². The molecule has 0 amide bonds. The Morgan fingerprint density at radius 1 is 1.21 bits per heavy atom. The van der Waals surface area contributed by atoms with Gasteiger partial charge in [-0.25, -0.2) is 9.67 Å². The minimum atomic E-state index is 0.235. The summed E-state index contributed by atoms with van der Waals surface area (Å²) in [5.74, 6) is 2.19. The molecule has 0 spiro atoms. The number of ether oxygens (including phenoxy) is 1. The molecule has 2 heterocycles. The quantitative estimate of drug-likeness (QED) is 0.496. The van der Waals surface area contributed by atoms with Crippen LogP contribution in [0.2, 0.25) is 5.02 Å². The van der Waals surface area contributed by atoms with E-state index in [4.69, 9.17) is 26.4 Å². The molecule has 0 fully saturated rings. The van der Waals surface area contributed by atoms with Crippen LogP contribution < -0.4 is 4.74 Å². The van der Waals surface area contributed by atoms with Crippen molar-refractivity contribution in [3.63, 3.8) is 0 Å². The predicted molar refractivity (Wildman–Crippen MR) is 111 cm³/mol. The van der Waals surface area contributed by atoms with Crippen molar-refractivity contribution in [2.45, 2.75) is 32.7 Å². The fourth-order valence-electron chi connectivity index (χ4n) is 3.24. The number of rotatable bonds is 6. The van der Waals surface area contributed by atoms with E-state index in [1.807, 2.05) is 41.1 Å². The van der Waals surface area contributed by atoms with E-state index in [1.165, 1.54) is 0 Å². The van der Waals surface area contributed by atoms with Gasteiger partial charge in [0, 0.05) is 17.4 Å². The molecule has 2 aromatic heterocycles. The summed E-state index contributed by atoms with van der Waals surface area (Å²) in [6.07, 6.45) is 1.59. The van der Waals surface area contributed by atoms with E-state index >= 15 is 0 Å². The second kappa shape index (κ2) is 7.64. The van der Waals surface area contributed by atoms with E-state index in [9.17, 15) is 0 Å². The van der Waals surface area contributed by atoms with E-state index in [0.29, 0.717) is 23.0 Å². The highest BCUT2D eigenvalue weighted by molar-refractivity contribution is 6.32. The number of nitrogens with one attached hydrogen (secondary N) is 1. The summed E-state index contributed by atoms with van der Waals surface area (Å²) in [4.78, 5) is 4.83. The maximum atomic E-state index is 6.30. The van der Waals surface area contributed by atoms with Gasteiger partial charge in [0.2, 0.25) is 0 Å². The maximum absolute atomic E-state index is 6.30. The molecule has 0 aliphatic heterocycles. The van der Waals surface area contributed by atoms with Gasteiger partial charge in [-0.3, -0.25) is 5.10 Å². The Morgan fingerprint density at radius 2 is 2.04 bits per heavy atom. The van der Waals surface area contributed by atoms with Crippen molar-refractivity contribution < 1.29 is 4.74 Å². The third kappa shape index (κ3) is 3.36. The van der Waals surface area contributed by atoms with Crippen molar-refractivity contribution in [2.75, 3.05) is 7.11 Å². The molecule has 0 bridgehead atoms. The van der Waals surface area contributed by atoms with Gasteiger partial charge in [-0.1, -0.05) is 36.7 Å². The van der Waals surface area contributed by atoms with Gasteiger partial charge in [-0.15, -0.1) is 0 Å². The van der Waals surface area contributed by atoms with Crippen LogP contribution in [0.15, 0.2) is 42.5 Å². The van der Waals surface area contributed by atoms with Crippen molar-refractivity contribution >= 4 is 22.5 Å². The molecule has 0 saturated heterocycles. The standard InChI is InChI=1S/C21H22ClN5O/c1-4-13(2)27-20(12-18-15-7-5-6-8-17(15)24-25-18)23-21(26-27)14-9-10-19(28-3)16(22)11-14/h5-11,13H,4,12H2,1-3H3,(H,24,25). The van der Waals surface area contributed by atoms with Crippen LogP contribution in [0.1, 0.15) is 37.8 Å². The van der Waals surface area contributed by atoms with Crippen molar-refractivity contribution in [1.29, 1.82) is 0 Å². The van der Waals surface area contributed by atoms with Gasteiger partial charge in [0.05, 0.1) is 29.4 Å². The summed E-state index contributed by atoms with van der Waals surface area (Å²) in [5.41, 5.74) is 2.85. The highest BCUT2D eigenvalue weighted by Gasteiger charge is 2.18. The summed E-state index contributed by atoms with van der Waals surface area (Å²) in [6.45, 7) is 4.29. The lowest BCUT2D eigenvalue weighted by Crippen LogP contribution is -2.11. The Bertz CT molecular complexity index is 1120. The van der Waals surface area contributed by atoms with Crippen LogP contribution in [0.3, 0.4) is 0 Å². The van der Waals surface area contributed by atoms with Gasteiger partial charge in [-0.05, 0) is 37.6 Å². The largest absolute Gasteiger partial charge is 0.495 e. The van der Waals surface area contributed by atoms with Crippen molar-refractivity contribution in [1.82, 2.24) is 25.0 Å². The summed E-state index contributed by atoms with van der Waals surface area (Å²) < 4.78 is 7.25. The smallest absolute Gasteiger partial charge is 0.181 e. The first-order valence-corrected chi connectivity index (χ1v) is 9.69. The molecule has 144 valence electrons. The lowest BCUT2D eigenvalue weighted by atomic mass is 10.1. The van der Waals surface area contributed by atoms with Crippen LogP contribution in [-0.2, 0) is 6.42 Å². The predicted octanol–water partition coefficient (Wildman–Crippen LogP) is 5.05. The lowest BCUT2D eigenvalue weighted by Gasteiger charge is -2.11. The zero-order valence-corrected chi connectivity index (χ0v) is 16.9. The number of para-hydroxylation sites is 1. The van der Waals surface area contributed by atoms with Gasteiger partial charge in [0.25, 0.3) is 0 Å². The van der Waals surface area contributed by atoms with E-state index in [-0.39, 0.29) is 6.04 Å². The number of halogens is 1. The minimum absolute atomic E-state index is 0.235. The average Bonchev–Trinajstić information content (AvgIpc) is 3.32. The maximum Gasteiger partial charge on any atom is 0.181 e. The van der Waals surface area contributed by atoms with Crippen LogP contribution in [0, 0.1) is 0 Å². The van der Waals surface area contributed by atoms with Crippen LogP contribution in [0.4, 0.5) is 0 Å². The van der Waals surface area contributed by atoms with Crippen molar-refractivity contribution in [2.24, 2.45) is 0 Å². The molecule has 0 aliphatic rings.